The van der Waals surface area contributed by atoms with Crippen LogP contribution in [0.5, 0.6) is 0 Å². The van der Waals surface area contributed by atoms with Gasteiger partial charge in [0.1, 0.15) is 5.69 Å². The fraction of sp³-hybridized carbons (Fsp3) is 0.476. The second-order valence-corrected chi connectivity index (χ2v) is 10.8. The van der Waals surface area contributed by atoms with E-state index in [1.807, 2.05) is 0 Å². The predicted octanol–water partition coefficient (Wildman–Crippen LogP) is 3.27. The average Bonchev–Trinajstić information content (AvgIpc) is 3.07. The molecule has 1 aromatic carbocycles. The van der Waals surface area contributed by atoms with Crippen LogP contribution in [0.1, 0.15) is 43.1 Å². The second kappa shape index (κ2) is 7.16. The molecule has 4 rings (SSSR count). The number of nitrogens with one attached hydrogen (secondary N) is 1. The average molecular weight is 438 g/mol. The van der Waals surface area contributed by atoms with Crippen LogP contribution in [0, 0.1) is 23.5 Å². The smallest absolute Gasteiger partial charge is 0.272 e. The maximum Gasteiger partial charge on any atom is 0.272 e. The van der Waals surface area contributed by atoms with E-state index < -0.39 is 38.2 Å². The molecule has 0 spiro atoms. The molecule has 2 aromatic rings. The molecule has 9 heteroatoms. The molecule has 2 aliphatic rings. The second-order valence-electron chi connectivity index (χ2n) is 8.59. The fourth-order valence-corrected chi connectivity index (χ4v) is 6.83. The number of rotatable bonds is 4. The third kappa shape index (κ3) is 3.43. The molecule has 2 saturated carbocycles. The van der Waals surface area contributed by atoms with Crippen LogP contribution in [0.2, 0.25) is 0 Å². The third-order valence-electron chi connectivity index (χ3n) is 6.77. The van der Waals surface area contributed by atoms with E-state index >= 15 is 0 Å². The Kier molecular flexibility index (Phi) is 5.01. The Balaban J connectivity index is 1.56. The summed E-state index contributed by atoms with van der Waals surface area (Å²) in [5.74, 6) is -2.84. The highest BCUT2D eigenvalue weighted by Crippen LogP contribution is 2.51. The number of carbonyl (C=O) groups excluding carboxylic acids is 1. The number of nitrogens with zero attached hydrogens (tertiary/aromatic N) is 1. The summed E-state index contributed by atoms with van der Waals surface area (Å²) in [6.07, 6.45) is 3.83. The zero-order valence-corrected chi connectivity index (χ0v) is 17.5. The van der Waals surface area contributed by atoms with Crippen LogP contribution in [0.3, 0.4) is 0 Å². The standard InChI is InChI=1S/C21H24F2N2O4S/c1-21(27)12-3-4-13(21)8-15(7-12)30(28,29)16-10-19(25(2)11-16)20(26)24-14-5-6-17(22)18(23)9-14/h5-6,9-13,15,27H,3-4,7-8H2,1-2H3,(H,24,26)/t12-,13?,15-,21-/m0/s1. The molecule has 1 amide bonds. The van der Waals surface area contributed by atoms with E-state index in [2.05, 4.69) is 5.32 Å². The van der Waals surface area contributed by atoms with Crippen LogP contribution in [0.15, 0.2) is 35.4 Å². The number of fused-ring (bicyclic) bond motifs is 2. The first-order valence-corrected chi connectivity index (χ1v) is 11.4. The molecule has 2 fully saturated rings. The Bertz CT molecular complexity index is 1090. The lowest BCUT2D eigenvalue weighted by Crippen LogP contribution is -2.45. The van der Waals surface area contributed by atoms with Crippen LogP contribution in [0.25, 0.3) is 0 Å². The van der Waals surface area contributed by atoms with Gasteiger partial charge in [-0.1, -0.05) is 0 Å². The maximum absolute atomic E-state index is 13.4. The van der Waals surface area contributed by atoms with Crippen LogP contribution in [0.4, 0.5) is 14.5 Å². The van der Waals surface area contributed by atoms with Crippen LogP contribution >= 0.6 is 0 Å². The first-order valence-electron chi connectivity index (χ1n) is 9.89. The molecule has 1 heterocycles. The SMILES string of the molecule is Cn1cc(S(=O)(=O)[C@@H]2CC3CC[C@@H](C2)[C@]3(C)O)cc1C(=O)Nc1ccc(F)c(F)c1. The Morgan fingerprint density at radius 1 is 1.17 bits per heavy atom. The molecule has 0 radical (unpaired) electrons. The van der Waals surface area contributed by atoms with E-state index in [0.717, 1.165) is 25.0 Å². The van der Waals surface area contributed by atoms with Crippen molar-refractivity contribution in [2.24, 2.45) is 18.9 Å². The van der Waals surface area contributed by atoms with Crippen molar-refractivity contribution < 1.29 is 27.1 Å². The van der Waals surface area contributed by atoms with Crippen LogP contribution in [-0.2, 0) is 16.9 Å². The number of aliphatic hydroxyl groups is 1. The molecule has 0 saturated heterocycles. The van der Waals surface area contributed by atoms with E-state index in [1.165, 1.54) is 22.9 Å². The van der Waals surface area contributed by atoms with Gasteiger partial charge in [-0.15, -0.1) is 0 Å². The van der Waals surface area contributed by atoms with E-state index in [0.29, 0.717) is 12.8 Å². The van der Waals surface area contributed by atoms with Crippen LogP contribution < -0.4 is 5.32 Å². The highest BCUT2D eigenvalue weighted by Gasteiger charge is 2.53. The van der Waals surface area contributed by atoms with E-state index in [1.54, 1.807) is 14.0 Å². The number of aromatic nitrogens is 1. The minimum Gasteiger partial charge on any atom is -0.390 e. The summed E-state index contributed by atoms with van der Waals surface area (Å²) in [6, 6.07) is 4.29. The number of halogens is 2. The van der Waals surface area contributed by atoms with Gasteiger partial charge in [-0.25, -0.2) is 17.2 Å². The first-order chi connectivity index (χ1) is 14.0. The minimum atomic E-state index is -3.68. The van der Waals surface area contributed by atoms with Crippen molar-refractivity contribution in [1.82, 2.24) is 4.57 Å². The van der Waals surface area contributed by atoms with Crippen LogP contribution in [-0.4, -0.2) is 34.8 Å². The highest BCUT2D eigenvalue weighted by atomic mass is 32.2. The van der Waals surface area contributed by atoms with Gasteiger partial charge in [-0.05, 0) is 62.6 Å². The van der Waals surface area contributed by atoms with Crippen molar-refractivity contribution in [3.8, 4) is 0 Å². The summed E-state index contributed by atoms with van der Waals surface area (Å²) in [6.45, 7) is 1.79. The van der Waals surface area contributed by atoms with Crippen molar-refractivity contribution in [2.75, 3.05) is 5.32 Å². The van der Waals surface area contributed by atoms with E-state index in [4.69, 9.17) is 0 Å². The number of benzene rings is 1. The van der Waals surface area contributed by atoms with Gasteiger partial charge in [0.2, 0.25) is 0 Å². The number of amides is 1. The Morgan fingerprint density at radius 3 is 2.40 bits per heavy atom. The topological polar surface area (TPSA) is 88.4 Å². The van der Waals surface area contributed by atoms with Crippen molar-refractivity contribution in [1.29, 1.82) is 0 Å². The highest BCUT2D eigenvalue weighted by molar-refractivity contribution is 7.92. The molecule has 2 N–H and O–H groups in total. The van der Waals surface area contributed by atoms with Gasteiger partial charge < -0.3 is 15.0 Å². The zero-order valence-electron chi connectivity index (χ0n) is 16.7. The Labute approximate surface area is 173 Å². The van der Waals surface area contributed by atoms with E-state index in [9.17, 15) is 27.1 Å². The van der Waals surface area contributed by atoms with Gasteiger partial charge in [0.05, 0.1) is 15.7 Å². The van der Waals surface area contributed by atoms with Crippen molar-refractivity contribution >= 4 is 21.4 Å². The number of hydrogen-bond donors (Lipinski definition) is 2. The number of carbonyl (C=O) groups is 1. The van der Waals surface area contributed by atoms with Crippen molar-refractivity contribution in [3.05, 3.63) is 47.8 Å². The van der Waals surface area contributed by atoms with E-state index in [-0.39, 0.29) is 28.1 Å². The van der Waals surface area contributed by atoms with Gasteiger partial charge in [0.25, 0.3) is 5.91 Å². The molecule has 162 valence electrons. The number of sulfone groups is 1. The molecular weight excluding hydrogens is 414 g/mol. The quantitative estimate of drug-likeness (QED) is 0.767. The number of hydrogen-bond acceptors (Lipinski definition) is 4. The summed E-state index contributed by atoms with van der Waals surface area (Å²) >= 11 is 0. The zero-order chi connectivity index (χ0) is 21.8. The molecule has 30 heavy (non-hydrogen) atoms. The van der Waals surface area contributed by atoms with Crippen molar-refractivity contribution in [3.63, 3.8) is 0 Å². The molecule has 2 aliphatic carbocycles. The van der Waals surface area contributed by atoms with Gasteiger partial charge >= 0.3 is 0 Å². The number of aryl methyl sites for hydroxylation is 1. The van der Waals surface area contributed by atoms with Gasteiger partial charge in [-0.2, -0.15) is 0 Å². The molecule has 1 aromatic heterocycles. The number of anilines is 1. The summed E-state index contributed by atoms with van der Waals surface area (Å²) in [5.41, 5.74) is -0.669. The lowest BCUT2D eigenvalue weighted by molar-refractivity contribution is -0.0413. The molecule has 1 unspecified atom stereocenters. The predicted molar refractivity (Wildman–Crippen MR) is 107 cm³/mol. The van der Waals surface area contributed by atoms with Crippen molar-refractivity contribution in [2.45, 2.75) is 48.4 Å². The lowest BCUT2D eigenvalue weighted by atomic mass is 9.76. The molecular formula is C21H24F2N2O4S. The lowest BCUT2D eigenvalue weighted by Gasteiger charge is -2.39. The fourth-order valence-electron chi connectivity index (χ4n) is 4.89. The summed E-state index contributed by atoms with van der Waals surface area (Å²) in [5, 5.41) is 12.5. The Hall–Kier alpha value is -2.26. The molecule has 6 nitrogen and oxygen atoms in total. The summed E-state index contributed by atoms with van der Waals surface area (Å²) in [7, 11) is -2.13. The molecule has 2 bridgehead atoms. The van der Waals surface area contributed by atoms with Gasteiger partial charge in [-0.3, -0.25) is 4.79 Å². The largest absolute Gasteiger partial charge is 0.390 e. The Morgan fingerprint density at radius 2 is 1.80 bits per heavy atom. The summed E-state index contributed by atoms with van der Waals surface area (Å²) in [4.78, 5) is 12.6. The minimum absolute atomic E-state index is 0.0455. The normalized spacial score (nSPS) is 28.5. The van der Waals surface area contributed by atoms with Gasteiger partial charge in [0, 0.05) is 25.0 Å². The molecule has 4 atom stereocenters. The monoisotopic (exact) mass is 438 g/mol. The first kappa shape index (κ1) is 21.0. The van der Waals surface area contributed by atoms with Gasteiger partial charge in [0.15, 0.2) is 21.5 Å². The maximum atomic E-state index is 13.4. The molecule has 0 aliphatic heterocycles. The third-order valence-corrected chi connectivity index (χ3v) is 8.91. The summed E-state index contributed by atoms with van der Waals surface area (Å²) < 4.78 is 54.3.